The zero-order valence-corrected chi connectivity index (χ0v) is 39.6. The molecule has 0 radical (unpaired) electrons. The third-order valence-corrected chi connectivity index (χ3v) is 21.6. The Morgan fingerprint density at radius 1 is 0.319 bits per heavy atom. The van der Waals surface area contributed by atoms with Gasteiger partial charge < -0.3 is 0 Å². The number of hydrogen-bond donors (Lipinski definition) is 2. The van der Waals surface area contributed by atoms with Crippen molar-refractivity contribution in [1.29, 1.82) is 0 Å². The van der Waals surface area contributed by atoms with Crippen LogP contribution in [0.15, 0.2) is 249 Å². The number of aromatic hydroxyl groups is 2. The van der Waals surface area contributed by atoms with Gasteiger partial charge in [0.25, 0.3) is 0 Å². The number of phenols is 2. The third kappa shape index (κ3) is 9.15. The van der Waals surface area contributed by atoms with Gasteiger partial charge in [0.05, 0.1) is 0 Å². The SMILES string of the molecule is Oc1ccc(OP(OB(Oc2cc(C(F)(F)F)cc(C(F)(F)F)c2)OP(Oc2ccc(O)cc2)(c2ccccc2)(c2ccccc2)c2ccccc2)(c2ccccc2)(c2ccccc2)c2ccccc2)cc1. The van der Waals surface area contributed by atoms with Gasteiger partial charge in [0.1, 0.15) is 0 Å². The Labute approximate surface area is 411 Å². The number of alkyl halides is 6. The van der Waals surface area contributed by atoms with E-state index in [2.05, 4.69) is 0 Å². The number of benzene rings is 9. The summed E-state index contributed by atoms with van der Waals surface area (Å²) in [5.41, 5.74) is -3.32. The van der Waals surface area contributed by atoms with Crippen molar-refractivity contribution >= 4 is 53.3 Å². The van der Waals surface area contributed by atoms with Crippen LogP contribution in [0, 0.1) is 0 Å². The van der Waals surface area contributed by atoms with E-state index >= 15 is 0 Å². The molecule has 9 rings (SSSR count). The van der Waals surface area contributed by atoms with Crippen LogP contribution in [0.4, 0.5) is 26.3 Å². The molecule has 0 atom stereocenters. The molecule has 0 aliphatic heterocycles. The molecule has 0 amide bonds. The predicted octanol–water partition coefficient (Wildman–Crippen LogP) is 12.4. The molecule has 0 saturated heterocycles. The van der Waals surface area contributed by atoms with Crippen LogP contribution in [0.3, 0.4) is 0 Å². The van der Waals surface area contributed by atoms with E-state index in [1.54, 1.807) is 182 Å². The van der Waals surface area contributed by atoms with Gasteiger partial charge in [-0.05, 0) is 0 Å². The van der Waals surface area contributed by atoms with E-state index in [1.165, 1.54) is 48.5 Å². The summed E-state index contributed by atoms with van der Waals surface area (Å²) in [4.78, 5) is 0. The molecule has 0 saturated carbocycles. The Balaban J connectivity index is 1.47. The predicted molar refractivity (Wildman–Crippen MR) is 273 cm³/mol. The van der Waals surface area contributed by atoms with Gasteiger partial charge in [-0.25, -0.2) is 0 Å². The fourth-order valence-electron chi connectivity index (χ4n) is 8.72. The van der Waals surface area contributed by atoms with Crippen LogP contribution in [0.1, 0.15) is 11.1 Å². The van der Waals surface area contributed by atoms with E-state index in [-0.39, 0.29) is 29.1 Å². The van der Waals surface area contributed by atoms with Crippen molar-refractivity contribution in [2.24, 2.45) is 0 Å². The number of rotatable bonds is 16. The Morgan fingerprint density at radius 3 is 0.806 bits per heavy atom. The summed E-state index contributed by atoms with van der Waals surface area (Å²) in [5.74, 6) is -0.880. The van der Waals surface area contributed by atoms with Gasteiger partial charge in [0.15, 0.2) is 0 Å². The first-order chi connectivity index (χ1) is 34.6. The number of phenolic OH excluding ortho intramolecular Hbond substituents is 2. The molecule has 0 aliphatic carbocycles. The minimum atomic E-state index is -5.49. The fourth-order valence-corrected chi connectivity index (χ4v) is 18.2. The summed E-state index contributed by atoms with van der Waals surface area (Å²) >= 11 is 0. The average molecular weight is 1010 g/mol. The fraction of sp³-hybridized carbons (Fsp3) is 0.0357. The average Bonchev–Trinajstić information content (AvgIpc) is 3.40. The van der Waals surface area contributed by atoms with E-state index in [9.17, 15) is 36.6 Å². The van der Waals surface area contributed by atoms with Crippen molar-refractivity contribution in [1.82, 2.24) is 0 Å². The zero-order valence-electron chi connectivity index (χ0n) is 37.8. The number of hydrogen-bond acceptors (Lipinski definition) is 7. The molecule has 0 heterocycles. The second-order valence-corrected chi connectivity index (χ2v) is 24.2. The maximum atomic E-state index is 14.9. The van der Waals surface area contributed by atoms with E-state index in [1.807, 2.05) is 0 Å². The van der Waals surface area contributed by atoms with Gasteiger partial charge in [0, 0.05) is 0 Å². The zero-order chi connectivity index (χ0) is 50.5. The van der Waals surface area contributed by atoms with Crippen molar-refractivity contribution in [3.63, 3.8) is 0 Å². The van der Waals surface area contributed by atoms with Gasteiger partial charge in [-0.1, -0.05) is 0 Å². The van der Waals surface area contributed by atoms with Crippen molar-refractivity contribution in [3.8, 4) is 28.7 Å². The summed E-state index contributed by atoms with van der Waals surface area (Å²) in [7, 11) is -13.4. The van der Waals surface area contributed by atoms with Gasteiger partial charge in [-0.2, -0.15) is 0 Å². The Bertz CT molecular complexity index is 2820. The Morgan fingerprint density at radius 2 is 0.569 bits per heavy atom. The molecule has 9 aromatic carbocycles. The molecule has 7 nitrogen and oxygen atoms in total. The molecule has 16 heteroatoms. The molecular formula is C56H43BF6O7P2. The summed E-state index contributed by atoms with van der Waals surface area (Å²) in [6, 6.07) is 64.7. The standard InChI is InChI=1S/C56H43BF6O7P2/c58-55(59,60)42-39-43(56(61,62)63)41-48(40-42)66-57(69-71(49-19-7-1-8-20-49,50-21-9-2-10-22-50,51-23-11-3-12-24-51)67-46-35-31-44(64)32-36-46)70-72(52-25-13-4-14-26-52,53-27-15-5-16-28-53,54-29-17-6-18-30-54)68-47-37-33-45(65)34-38-47/h1-41,64-65H. The van der Waals surface area contributed by atoms with Crippen molar-refractivity contribution in [2.75, 3.05) is 0 Å². The van der Waals surface area contributed by atoms with E-state index < -0.39 is 50.7 Å². The third-order valence-electron chi connectivity index (χ3n) is 12.0. The second kappa shape index (κ2) is 19.5. The minimum absolute atomic E-state index is 0.00127. The number of halogens is 6. The van der Waals surface area contributed by atoms with Crippen LogP contribution in [-0.2, 0) is 21.2 Å². The van der Waals surface area contributed by atoms with Crippen molar-refractivity contribution in [3.05, 3.63) is 260 Å². The van der Waals surface area contributed by atoms with Gasteiger partial charge >= 0.3 is 413 Å². The molecule has 0 aliphatic rings. The van der Waals surface area contributed by atoms with E-state index in [0.29, 0.717) is 44.0 Å². The summed E-state index contributed by atoms with van der Waals surface area (Å²) in [6.45, 7) is 0. The van der Waals surface area contributed by atoms with Crippen molar-refractivity contribution in [2.45, 2.75) is 12.4 Å². The van der Waals surface area contributed by atoms with Gasteiger partial charge in [-0.3, -0.25) is 0 Å². The maximum absolute atomic E-state index is 14.9. The summed E-state index contributed by atoms with van der Waals surface area (Å²) in [6.07, 6.45) is -10.6. The molecule has 9 aromatic rings. The molecule has 0 fully saturated rings. The Kier molecular flexibility index (Phi) is 13.4. The quantitative estimate of drug-likeness (QED) is 0.0566. The molecule has 364 valence electrons. The van der Waals surface area contributed by atoms with Gasteiger partial charge in [0.2, 0.25) is 0 Å². The van der Waals surface area contributed by atoms with Crippen LogP contribution < -0.4 is 45.5 Å². The van der Waals surface area contributed by atoms with E-state index in [4.69, 9.17) is 22.6 Å². The normalized spacial score (nSPS) is 13.1. The molecule has 2 N–H and O–H groups in total. The monoisotopic (exact) mass is 1010 g/mol. The molecule has 0 unspecified atom stereocenters. The topological polar surface area (TPSA) is 86.6 Å². The van der Waals surface area contributed by atoms with Crippen LogP contribution in [0.5, 0.6) is 28.7 Å². The second-order valence-electron chi connectivity index (χ2n) is 16.5. The Hall–Kier alpha value is -7.60. The molecular weight excluding hydrogens is 971 g/mol. The van der Waals surface area contributed by atoms with Gasteiger partial charge in [-0.15, -0.1) is 0 Å². The first kappa shape index (κ1) is 49.4. The molecule has 0 bridgehead atoms. The van der Waals surface area contributed by atoms with Crippen molar-refractivity contribution < 1.29 is 59.1 Å². The molecule has 72 heavy (non-hydrogen) atoms. The molecule has 0 spiro atoms. The van der Waals surface area contributed by atoms with Crippen LogP contribution in [-0.4, -0.2) is 17.5 Å². The summed E-state index contributed by atoms with van der Waals surface area (Å²) in [5, 5.41) is 23.2. The molecule has 0 aromatic heterocycles. The van der Waals surface area contributed by atoms with Crippen LogP contribution in [0.25, 0.3) is 0 Å². The van der Waals surface area contributed by atoms with Crippen LogP contribution >= 0.6 is 14.1 Å². The first-order valence-corrected chi connectivity index (χ1v) is 26.5. The van der Waals surface area contributed by atoms with E-state index in [0.717, 1.165) is 0 Å². The first-order valence-electron chi connectivity index (χ1n) is 22.3. The summed E-state index contributed by atoms with van der Waals surface area (Å²) < 4.78 is 127. The van der Waals surface area contributed by atoms with Crippen LogP contribution in [0.2, 0.25) is 0 Å².